The quantitative estimate of drug-likeness (QED) is 0.732. The Morgan fingerprint density at radius 2 is 2.29 bits per heavy atom. The van der Waals surface area contributed by atoms with E-state index in [1.165, 1.54) is 5.56 Å². The average Bonchev–Trinajstić information content (AvgIpc) is 2.28. The van der Waals surface area contributed by atoms with Gasteiger partial charge in [-0.1, -0.05) is 11.6 Å². The van der Waals surface area contributed by atoms with Crippen molar-refractivity contribution in [3.05, 3.63) is 32.9 Å². The van der Waals surface area contributed by atoms with E-state index in [1.807, 2.05) is 36.9 Å². The number of carbonyl (C=O) groups is 1. The molecule has 0 radical (unpaired) electrons. The van der Waals surface area contributed by atoms with E-state index in [2.05, 4.69) is 22.6 Å². The van der Waals surface area contributed by atoms with Gasteiger partial charge in [0.2, 0.25) is 0 Å². The number of morpholine rings is 1. The molecule has 1 saturated heterocycles. The van der Waals surface area contributed by atoms with Crippen molar-refractivity contribution >= 4 is 28.5 Å². The molecule has 92 valence electrons. The van der Waals surface area contributed by atoms with Crippen LogP contribution in [0.3, 0.4) is 0 Å². The number of benzene rings is 1. The second kappa shape index (κ2) is 5.35. The Morgan fingerprint density at radius 3 is 2.94 bits per heavy atom. The Bertz CT molecular complexity index is 433. The third kappa shape index (κ3) is 2.98. The number of hydrogen-bond donors (Lipinski definition) is 0. The Morgan fingerprint density at radius 1 is 1.53 bits per heavy atom. The number of ether oxygens (including phenoxy) is 1. The lowest BCUT2D eigenvalue weighted by Crippen LogP contribution is -2.44. The SMILES string of the molecule is Cc1ccc(C(=O)N2CCO[C@@H](C)C2)c(I)c1. The third-order valence-corrected chi connectivity index (χ3v) is 3.78. The largest absolute Gasteiger partial charge is 0.375 e. The summed E-state index contributed by atoms with van der Waals surface area (Å²) in [4.78, 5) is 14.2. The maximum absolute atomic E-state index is 12.3. The van der Waals surface area contributed by atoms with Crippen LogP contribution in [-0.2, 0) is 4.74 Å². The second-order valence-corrected chi connectivity index (χ2v) is 5.58. The number of halogens is 1. The maximum Gasteiger partial charge on any atom is 0.255 e. The van der Waals surface area contributed by atoms with Crippen LogP contribution in [0.5, 0.6) is 0 Å². The van der Waals surface area contributed by atoms with Crippen molar-refractivity contribution in [1.82, 2.24) is 4.90 Å². The highest BCUT2D eigenvalue weighted by atomic mass is 127. The summed E-state index contributed by atoms with van der Waals surface area (Å²) >= 11 is 2.22. The van der Waals surface area contributed by atoms with Gasteiger partial charge in [0.05, 0.1) is 18.3 Å². The van der Waals surface area contributed by atoms with E-state index in [0.29, 0.717) is 19.7 Å². The smallest absolute Gasteiger partial charge is 0.255 e. The minimum Gasteiger partial charge on any atom is -0.375 e. The van der Waals surface area contributed by atoms with Crippen molar-refractivity contribution in [2.75, 3.05) is 19.7 Å². The molecule has 0 bridgehead atoms. The molecule has 0 saturated carbocycles. The van der Waals surface area contributed by atoms with Crippen LogP contribution in [0.25, 0.3) is 0 Å². The topological polar surface area (TPSA) is 29.5 Å². The summed E-state index contributed by atoms with van der Waals surface area (Å²) in [6.07, 6.45) is 0.135. The molecule has 1 atom stereocenters. The van der Waals surface area contributed by atoms with Crippen molar-refractivity contribution in [1.29, 1.82) is 0 Å². The van der Waals surface area contributed by atoms with Crippen LogP contribution in [0.4, 0.5) is 0 Å². The second-order valence-electron chi connectivity index (χ2n) is 4.42. The Kier molecular flexibility index (Phi) is 4.04. The van der Waals surface area contributed by atoms with Crippen LogP contribution in [-0.4, -0.2) is 36.6 Å². The predicted octanol–water partition coefficient (Wildman–Crippen LogP) is 2.46. The van der Waals surface area contributed by atoms with Crippen LogP contribution in [0.15, 0.2) is 18.2 Å². The molecule has 1 aliphatic heterocycles. The zero-order chi connectivity index (χ0) is 12.4. The van der Waals surface area contributed by atoms with Gasteiger partial charge in [0.25, 0.3) is 5.91 Å². The van der Waals surface area contributed by atoms with Gasteiger partial charge >= 0.3 is 0 Å². The zero-order valence-electron chi connectivity index (χ0n) is 10.1. The Hall–Kier alpha value is -0.620. The van der Waals surface area contributed by atoms with E-state index < -0.39 is 0 Å². The highest BCUT2D eigenvalue weighted by Gasteiger charge is 2.23. The van der Waals surface area contributed by atoms with E-state index in [9.17, 15) is 4.79 Å². The van der Waals surface area contributed by atoms with Crippen molar-refractivity contribution in [2.24, 2.45) is 0 Å². The van der Waals surface area contributed by atoms with E-state index in [0.717, 1.165) is 9.13 Å². The van der Waals surface area contributed by atoms with Gasteiger partial charge in [-0.2, -0.15) is 0 Å². The molecule has 3 nitrogen and oxygen atoms in total. The summed E-state index contributed by atoms with van der Waals surface area (Å²) in [7, 11) is 0. The molecule has 4 heteroatoms. The zero-order valence-corrected chi connectivity index (χ0v) is 12.2. The van der Waals surface area contributed by atoms with Gasteiger partial charge in [0, 0.05) is 16.7 Å². The van der Waals surface area contributed by atoms with E-state index in [4.69, 9.17) is 4.74 Å². The molecular formula is C13H16INO2. The fourth-order valence-electron chi connectivity index (χ4n) is 1.97. The monoisotopic (exact) mass is 345 g/mol. The minimum atomic E-state index is 0.115. The number of aryl methyl sites for hydroxylation is 1. The Balaban J connectivity index is 2.18. The van der Waals surface area contributed by atoms with Crippen LogP contribution in [0.1, 0.15) is 22.8 Å². The van der Waals surface area contributed by atoms with Crippen LogP contribution in [0, 0.1) is 10.5 Å². The average molecular weight is 345 g/mol. The third-order valence-electron chi connectivity index (χ3n) is 2.88. The van der Waals surface area contributed by atoms with Crippen molar-refractivity contribution < 1.29 is 9.53 Å². The van der Waals surface area contributed by atoms with Gasteiger partial charge in [0.1, 0.15) is 0 Å². The first kappa shape index (κ1) is 12.8. The lowest BCUT2D eigenvalue weighted by Gasteiger charge is -2.31. The van der Waals surface area contributed by atoms with Crippen molar-refractivity contribution in [3.8, 4) is 0 Å². The molecule has 1 aromatic carbocycles. The van der Waals surface area contributed by atoms with E-state index in [1.54, 1.807) is 0 Å². The predicted molar refractivity (Wildman–Crippen MR) is 75.2 cm³/mol. The summed E-state index contributed by atoms with van der Waals surface area (Å²) in [5, 5.41) is 0. The van der Waals surface area contributed by atoms with Crippen LogP contribution < -0.4 is 0 Å². The molecule has 0 N–H and O–H groups in total. The van der Waals surface area contributed by atoms with Crippen molar-refractivity contribution in [2.45, 2.75) is 20.0 Å². The molecule has 0 unspecified atom stereocenters. The van der Waals surface area contributed by atoms with Gasteiger partial charge in [0.15, 0.2) is 0 Å². The molecule has 0 spiro atoms. The molecule has 1 aromatic rings. The molecule has 1 aliphatic rings. The van der Waals surface area contributed by atoms with Gasteiger partial charge < -0.3 is 9.64 Å². The van der Waals surface area contributed by atoms with Gasteiger partial charge in [-0.25, -0.2) is 0 Å². The molecule has 0 aliphatic carbocycles. The Labute approximate surface area is 115 Å². The highest BCUT2D eigenvalue weighted by molar-refractivity contribution is 14.1. The molecule has 1 fully saturated rings. The lowest BCUT2D eigenvalue weighted by atomic mass is 10.1. The summed E-state index contributed by atoms with van der Waals surface area (Å²) < 4.78 is 6.47. The number of carbonyl (C=O) groups excluding carboxylic acids is 1. The van der Waals surface area contributed by atoms with Crippen LogP contribution >= 0.6 is 22.6 Å². The summed E-state index contributed by atoms with van der Waals surface area (Å²) in [5.41, 5.74) is 1.98. The van der Waals surface area contributed by atoms with E-state index >= 15 is 0 Å². The van der Waals surface area contributed by atoms with Gasteiger partial charge in [-0.15, -0.1) is 0 Å². The number of rotatable bonds is 1. The normalized spacial score (nSPS) is 20.4. The maximum atomic E-state index is 12.3. The first-order valence-corrected chi connectivity index (χ1v) is 6.83. The molecule has 17 heavy (non-hydrogen) atoms. The first-order valence-electron chi connectivity index (χ1n) is 5.75. The van der Waals surface area contributed by atoms with E-state index in [-0.39, 0.29) is 12.0 Å². The molecule has 1 heterocycles. The molecule has 1 amide bonds. The number of hydrogen-bond acceptors (Lipinski definition) is 2. The number of nitrogens with zero attached hydrogens (tertiary/aromatic N) is 1. The highest BCUT2D eigenvalue weighted by Crippen LogP contribution is 2.17. The lowest BCUT2D eigenvalue weighted by molar-refractivity contribution is -0.0124. The van der Waals surface area contributed by atoms with Gasteiger partial charge in [-0.05, 0) is 48.6 Å². The fourth-order valence-corrected chi connectivity index (χ4v) is 2.87. The summed E-state index contributed by atoms with van der Waals surface area (Å²) in [5.74, 6) is 0.115. The van der Waals surface area contributed by atoms with Crippen LogP contribution in [0.2, 0.25) is 0 Å². The molecular weight excluding hydrogens is 329 g/mol. The standard InChI is InChI=1S/C13H16INO2/c1-9-3-4-11(12(14)7-9)13(16)15-5-6-17-10(2)8-15/h3-4,7,10H,5-6,8H2,1-2H3/t10-/m0/s1. The first-order chi connectivity index (χ1) is 8.08. The summed E-state index contributed by atoms with van der Waals surface area (Å²) in [6.45, 7) is 6.04. The summed E-state index contributed by atoms with van der Waals surface area (Å²) in [6, 6.07) is 5.94. The molecule has 2 rings (SSSR count). The minimum absolute atomic E-state index is 0.115. The van der Waals surface area contributed by atoms with Crippen molar-refractivity contribution in [3.63, 3.8) is 0 Å². The fraction of sp³-hybridized carbons (Fsp3) is 0.462. The molecule has 0 aromatic heterocycles. The van der Waals surface area contributed by atoms with Gasteiger partial charge in [-0.3, -0.25) is 4.79 Å². The number of amides is 1.